The lowest BCUT2D eigenvalue weighted by molar-refractivity contribution is 0.0857. The predicted octanol–water partition coefficient (Wildman–Crippen LogP) is 0.658. The number of nitrogens with zero attached hydrogens (tertiary/aromatic N) is 1. The Hall–Kier alpha value is -2.69. The third-order valence-electron chi connectivity index (χ3n) is 6.52. The van der Waals surface area contributed by atoms with E-state index in [2.05, 4.69) is 5.32 Å². The monoisotopic (exact) mass is 432 g/mol. The normalized spacial score (nSPS) is 27.9. The second kappa shape index (κ2) is 8.10. The highest BCUT2D eigenvalue weighted by Gasteiger charge is 2.45. The second-order valence-electron chi connectivity index (χ2n) is 8.39. The molecule has 2 aliphatic carbocycles. The van der Waals surface area contributed by atoms with Crippen LogP contribution in [0.3, 0.4) is 0 Å². The summed E-state index contributed by atoms with van der Waals surface area (Å²) in [6.45, 7) is 1.62. The Morgan fingerprint density at radius 1 is 1.26 bits per heavy atom. The minimum atomic E-state index is -0.991. The standard InChI is InChI=1S/C21H28N4O6/c1-9-15(24-12-5-3-4-6-13(12)26)19(28)14-10(8-31-21(23)29)16-20(30-2)11(22)7-25(16)17(14)18(9)27/h11-13,20,24,26H,3-8,22H2,1-2H3,(H2,23,29)/t11-,12+,13+,20-/m0/s1. The van der Waals surface area contributed by atoms with Gasteiger partial charge in [0.1, 0.15) is 18.4 Å². The van der Waals surface area contributed by atoms with Crippen molar-refractivity contribution in [3.63, 3.8) is 0 Å². The summed E-state index contributed by atoms with van der Waals surface area (Å²) >= 11 is 0. The lowest BCUT2D eigenvalue weighted by atomic mass is 9.87. The molecule has 1 saturated carbocycles. The topological polar surface area (TPSA) is 159 Å². The first-order chi connectivity index (χ1) is 14.8. The number of hydrogen-bond acceptors (Lipinski definition) is 8. The summed E-state index contributed by atoms with van der Waals surface area (Å²) in [5, 5.41) is 13.5. The number of nitrogens with one attached hydrogen (secondary N) is 1. The van der Waals surface area contributed by atoms with Crippen LogP contribution in [0.1, 0.15) is 70.8 Å². The summed E-state index contributed by atoms with van der Waals surface area (Å²) in [5.74, 6) is -0.684. The Morgan fingerprint density at radius 2 is 1.97 bits per heavy atom. The minimum absolute atomic E-state index is 0.173. The zero-order valence-electron chi connectivity index (χ0n) is 17.6. The maximum Gasteiger partial charge on any atom is 0.404 e. The van der Waals surface area contributed by atoms with Gasteiger partial charge in [-0.3, -0.25) is 9.59 Å². The quantitative estimate of drug-likeness (QED) is 0.528. The maximum atomic E-state index is 13.6. The molecule has 1 aromatic heterocycles. The molecule has 10 nitrogen and oxygen atoms in total. The van der Waals surface area contributed by atoms with Crippen LogP contribution < -0.4 is 16.8 Å². The summed E-state index contributed by atoms with van der Waals surface area (Å²) in [4.78, 5) is 38.2. The molecule has 1 fully saturated rings. The van der Waals surface area contributed by atoms with Crippen LogP contribution in [-0.4, -0.2) is 52.6 Å². The van der Waals surface area contributed by atoms with E-state index in [4.69, 9.17) is 20.9 Å². The first-order valence-electron chi connectivity index (χ1n) is 10.5. The number of methoxy groups -OCH3 is 1. The molecule has 0 bridgehead atoms. The van der Waals surface area contributed by atoms with Crippen molar-refractivity contribution < 1.29 is 29.0 Å². The lowest BCUT2D eigenvalue weighted by Crippen LogP contribution is -2.45. The van der Waals surface area contributed by atoms with E-state index in [1.54, 1.807) is 11.5 Å². The van der Waals surface area contributed by atoms with Gasteiger partial charge >= 0.3 is 6.09 Å². The molecule has 0 unspecified atom stereocenters. The van der Waals surface area contributed by atoms with Gasteiger partial charge in [-0.2, -0.15) is 0 Å². The van der Waals surface area contributed by atoms with Crippen molar-refractivity contribution in [2.45, 2.75) is 70.1 Å². The smallest absolute Gasteiger partial charge is 0.404 e. The number of ketones is 2. The molecule has 1 aliphatic heterocycles. The van der Waals surface area contributed by atoms with Crippen molar-refractivity contribution in [2.24, 2.45) is 11.5 Å². The van der Waals surface area contributed by atoms with Crippen LogP contribution in [0.4, 0.5) is 4.79 Å². The molecule has 4 atom stereocenters. The minimum Gasteiger partial charge on any atom is -0.445 e. The number of aliphatic hydroxyl groups excluding tert-OH is 1. The van der Waals surface area contributed by atoms with Crippen LogP contribution >= 0.6 is 0 Å². The van der Waals surface area contributed by atoms with Crippen molar-refractivity contribution in [3.05, 3.63) is 33.8 Å². The number of aromatic nitrogens is 1. The van der Waals surface area contributed by atoms with Gasteiger partial charge in [0.15, 0.2) is 0 Å². The fraction of sp³-hybridized carbons (Fsp3) is 0.571. The molecule has 31 heavy (non-hydrogen) atoms. The van der Waals surface area contributed by atoms with Gasteiger partial charge in [-0.15, -0.1) is 0 Å². The number of carbonyl (C=O) groups is 3. The van der Waals surface area contributed by atoms with E-state index in [-0.39, 0.29) is 46.7 Å². The molecule has 1 aromatic rings. The van der Waals surface area contributed by atoms with Gasteiger partial charge < -0.3 is 35.9 Å². The summed E-state index contributed by atoms with van der Waals surface area (Å²) in [6, 6.07) is -0.723. The van der Waals surface area contributed by atoms with Crippen LogP contribution in [0, 0.1) is 0 Å². The van der Waals surface area contributed by atoms with E-state index < -0.39 is 24.3 Å². The predicted molar refractivity (Wildman–Crippen MR) is 109 cm³/mol. The highest BCUT2D eigenvalue weighted by molar-refractivity contribution is 6.26. The lowest BCUT2D eigenvalue weighted by Gasteiger charge is -2.31. The van der Waals surface area contributed by atoms with E-state index in [9.17, 15) is 19.5 Å². The fourth-order valence-electron chi connectivity index (χ4n) is 5.00. The largest absolute Gasteiger partial charge is 0.445 e. The molecule has 168 valence electrons. The zero-order chi connectivity index (χ0) is 22.4. The van der Waals surface area contributed by atoms with Crippen LogP contribution in [0.5, 0.6) is 0 Å². The summed E-state index contributed by atoms with van der Waals surface area (Å²) < 4.78 is 12.2. The summed E-state index contributed by atoms with van der Waals surface area (Å²) in [7, 11) is 1.50. The van der Waals surface area contributed by atoms with Crippen molar-refractivity contribution in [3.8, 4) is 0 Å². The average molecular weight is 432 g/mol. The molecule has 6 N–H and O–H groups in total. The number of primary amides is 1. The molecule has 3 aliphatic rings. The molecule has 0 spiro atoms. The van der Waals surface area contributed by atoms with Crippen molar-refractivity contribution in [2.75, 3.05) is 7.11 Å². The number of aliphatic hydroxyl groups is 1. The third-order valence-corrected chi connectivity index (χ3v) is 6.52. The van der Waals surface area contributed by atoms with Gasteiger partial charge in [0.25, 0.3) is 0 Å². The van der Waals surface area contributed by atoms with Gasteiger partial charge in [-0.1, -0.05) is 12.8 Å². The molecule has 2 heterocycles. The zero-order valence-corrected chi connectivity index (χ0v) is 17.6. The Bertz CT molecular complexity index is 981. The Balaban J connectivity index is 1.80. The van der Waals surface area contributed by atoms with Gasteiger partial charge in [0.05, 0.1) is 35.1 Å². The molecule has 4 rings (SSSR count). The van der Waals surface area contributed by atoms with Crippen LogP contribution in [0.15, 0.2) is 11.3 Å². The van der Waals surface area contributed by atoms with Gasteiger partial charge in [-0.25, -0.2) is 4.79 Å². The number of allylic oxidation sites excluding steroid dienone is 2. The van der Waals surface area contributed by atoms with E-state index in [1.165, 1.54) is 7.11 Å². The number of nitrogens with two attached hydrogens (primary N) is 2. The first-order valence-corrected chi connectivity index (χ1v) is 10.5. The van der Waals surface area contributed by atoms with Gasteiger partial charge in [0, 0.05) is 24.8 Å². The molecule has 10 heteroatoms. The SMILES string of the molecule is CO[C@@H]1c2c(COC(N)=O)c3c(n2C[C@@H]1N)C(=O)C(C)=C(N[C@@H]1CCCC[C@H]1O)C3=O. The van der Waals surface area contributed by atoms with Crippen LogP contribution in [0.25, 0.3) is 0 Å². The number of fused-ring (bicyclic) bond motifs is 3. The number of hydrogen-bond donors (Lipinski definition) is 4. The summed E-state index contributed by atoms with van der Waals surface area (Å²) in [6.07, 6.45) is 1.06. The van der Waals surface area contributed by atoms with Gasteiger partial charge in [0.2, 0.25) is 11.6 Å². The highest BCUT2D eigenvalue weighted by Crippen LogP contribution is 2.41. The molecule has 1 amide bonds. The number of Topliss-reactive ketones (excluding diaryl/α,β-unsaturated/α-hetero) is 2. The molecule has 0 saturated heterocycles. The maximum absolute atomic E-state index is 13.6. The van der Waals surface area contributed by atoms with Crippen molar-refractivity contribution in [1.82, 2.24) is 9.88 Å². The van der Waals surface area contributed by atoms with E-state index in [0.717, 1.165) is 12.8 Å². The number of carbonyl (C=O) groups excluding carboxylic acids is 3. The van der Waals surface area contributed by atoms with E-state index in [1.807, 2.05) is 0 Å². The van der Waals surface area contributed by atoms with E-state index >= 15 is 0 Å². The van der Waals surface area contributed by atoms with Crippen LogP contribution in [-0.2, 0) is 22.6 Å². The molecular weight excluding hydrogens is 404 g/mol. The Morgan fingerprint density at radius 3 is 2.61 bits per heavy atom. The average Bonchev–Trinajstić information content (AvgIpc) is 3.21. The Kier molecular flexibility index (Phi) is 5.63. The fourth-order valence-corrected chi connectivity index (χ4v) is 5.00. The molecule has 0 radical (unpaired) electrons. The molecule has 0 aromatic carbocycles. The first kappa shape index (κ1) is 21.5. The van der Waals surface area contributed by atoms with Gasteiger partial charge in [-0.05, 0) is 19.8 Å². The number of rotatable bonds is 5. The molecular formula is C21H28N4O6. The van der Waals surface area contributed by atoms with Crippen LogP contribution in [0.2, 0.25) is 0 Å². The van der Waals surface area contributed by atoms with Crippen molar-refractivity contribution >= 4 is 17.7 Å². The van der Waals surface area contributed by atoms with E-state index in [0.29, 0.717) is 30.6 Å². The number of amides is 1. The Labute approximate surface area is 179 Å². The third kappa shape index (κ3) is 3.44. The number of ether oxygens (including phenoxy) is 2. The highest BCUT2D eigenvalue weighted by atomic mass is 16.5. The second-order valence-corrected chi connectivity index (χ2v) is 8.39. The van der Waals surface area contributed by atoms with Crippen molar-refractivity contribution in [1.29, 1.82) is 0 Å². The summed E-state index contributed by atoms with van der Waals surface area (Å²) in [5.41, 5.74) is 13.1.